The number of carbonyl (C=O) groups is 1. The molecule has 0 heterocycles. The molecule has 0 aromatic heterocycles. The Morgan fingerprint density at radius 2 is 2.21 bits per heavy atom. The summed E-state index contributed by atoms with van der Waals surface area (Å²) < 4.78 is 0. The van der Waals surface area contributed by atoms with Crippen molar-refractivity contribution in [2.45, 2.75) is 20.3 Å². The van der Waals surface area contributed by atoms with E-state index in [2.05, 4.69) is 17.1 Å². The quantitative estimate of drug-likeness (QED) is 0.798. The summed E-state index contributed by atoms with van der Waals surface area (Å²) in [5, 5.41) is 2.81. The molecule has 2 atom stereocenters. The zero-order valence-electron chi connectivity index (χ0n) is 11.9. The Kier molecular flexibility index (Phi) is 3.98. The van der Waals surface area contributed by atoms with Crippen LogP contribution in [0, 0.1) is 11.8 Å². The number of nitrogen functional groups attached to an aromatic ring is 1. The van der Waals surface area contributed by atoms with E-state index >= 15 is 0 Å². The number of benzene rings is 1. The smallest absolute Gasteiger partial charge is 0.251 e. The van der Waals surface area contributed by atoms with E-state index in [1.165, 1.54) is 6.42 Å². The normalized spacial score (nSPS) is 21.0. The molecule has 0 spiro atoms. The van der Waals surface area contributed by atoms with Crippen LogP contribution in [0.2, 0.25) is 0 Å². The van der Waals surface area contributed by atoms with Crippen molar-refractivity contribution in [3.8, 4) is 0 Å². The van der Waals surface area contributed by atoms with Crippen molar-refractivity contribution in [3.63, 3.8) is 0 Å². The van der Waals surface area contributed by atoms with Crippen LogP contribution < -0.4 is 16.0 Å². The van der Waals surface area contributed by atoms with Crippen LogP contribution in [0.4, 0.5) is 11.4 Å². The standard InChI is InChI=1S/C15H23N3O/c1-4-17-15(19)11-5-6-13(16)14(8-11)18(3)9-12-7-10(12)2/h5-6,8,10,12H,4,7,9,16H2,1-3H3,(H,17,19). The summed E-state index contributed by atoms with van der Waals surface area (Å²) in [4.78, 5) is 14.0. The number of nitrogens with zero attached hydrogens (tertiary/aromatic N) is 1. The van der Waals surface area contributed by atoms with Crippen LogP contribution in [0.25, 0.3) is 0 Å². The Hall–Kier alpha value is -1.71. The number of rotatable bonds is 5. The molecule has 3 N–H and O–H groups in total. The van der Waals surface area contributed by atoms with Crippen LogP contribution in [0.1, 0.15) is 30.6 Å². The molecule has 1 amide bonds. The summed E-state index contributed by atoms with van der Waals surface area (Å²) in [7, 11) is 2.04. The fourth-order valence-electron chi connectivity index (χ4n) is 2.38. The van der Waals surface area contributed by atoms with E-state index in [9.17, 15) is 4.79 Å². The van der Waals surface area contributed by atoms with Crippen molar-refractivity contribution in [1.29, 1.82) is 0 Å². The van der Waals surface area contributed by atoms with Gasteiger partial charge >= 0.3 is 0 Å². The summed E-state index contributed by atoms with van der Waals surface area (Å²) in [6.45, 7) is 5.82. The van der Waals surface area contributed by atoms with Gasteiger partial charge in [-0.3, -0.25) is 4.79 Å². The second-order valence-electron chi connectivity index (χ2n) is 5.49. The summed E-state index contributed by atoms with van der Waals surface area (Å²) in [5.74, 6) is 1.53. The Morgan fingerprint density at radius 3 is 2.79 bits per heavy atom. The van der Waals surface area contributed by atoms with E-state index in [-0.39, 0.29) is 5.91 Å². The lowest BCUT2D eigenvalue weighted by Crippen LogP contribution is -2.25. The zero-order valence-corrected chi connectivity index (χ0v) is 11.9. The van der Waals surface area contributed by atoms with Crippen LogP contribution in [0.5, 0.6) is 0 Å². The second-order valence-corrected chi connectivity index (χ2v) is 5.49. The lowest BCUT2D eigenvalue weighted by atomic mass is 10.1. The average molecular weight is 261 g/mol. The molecule has 0 saturated heterocycles. The maximum atomic E-state index is 11.8. The maximum Gasteiger partial charge on any atom is 0.251 e. The molecule has 4 nitrogen and oxygen atoms in total. The Bertz CT molecular complexity index is 472. The van der Waals surface area contributed by atoms with Crippen molar-refractivity contribution in [2.75, 3.05) is 30.8 Å². The van der Waals surface area contributed by atoms with Crippen molar-refractivity contribution >= 4 is 17.3 Å². The van der Waals surface area contributed by atoms with Gasteiger partial charge in [0.05, 0.1) is 11.4 Å². The topological polar surface area (TPSA) is 58.4 Å². The molecule has 1 aromatic carbocycles. The Balaban J connectivity index is 2.14. The second kappa shape index (κ2) is 5.51. The molecule has 0 aliphatic heterocycles. The van der Waals surface area contributed by atoms with Crippen molar-refractivity contribution in [3.05, 3.63) is 23.8 Å². The summed E-state index contributed by atoms with van der Waals surface area (Å²) in [6.07, 6.45) is 1.29. The average Bonchev–Trinajstić information content (AvgIpc) is 3.05. The Labute approximate surface area is 115 Å². The van der Waals surface area contributed by atoms with Crippen molar-refractivity contribution in [2.24, 2.45) is 11.8 Å². The van der Waals surface area contributed by atoms with Crippen LogP contribution in [-0.2, 0) is 0 Å². The lowest BCUT2D eigenvalue weighted by Gasteiger charge is -2.22. The molecule has 0 radical (unpaired) electrons. The van der Waals surface area contributed by atoms with Gasteiger partial charge in [-0.2, -0.15) is 0 Å². The maximum absolute atomic E-state index is 11.8. The van der Waals surface area contributed by atoms with Crippen molar-refractivity contribution in [1.82, 2.24) is 5.32 Å². The molecule has 1 aliphatic carbocycles. The molecule has 19 heavy (non-hydrogen) atoms. The molecule has 104 valence electrons. The third-order valence-corrected chi connectivity index (χ3v) is 3.83. The van der Waals surface area contributed by atoms with E-state index in [0.717, 1.165) is 29.8 Å². The first kappa shape index (κ1) is 13.7. The first-order valence-corrected chi connectivity index (χ1v) is 6.91. The summed E-state index contributed by atoms with van der Waals surface area (Å²) >= 11 is 0. The number of anilines is 2. The number of nitrogens with one attached hydrogen (secondary N) is 1. The minimum Gasteiger partial charge on any atom is -0.397 e. The van der Waals surface area contributed by atoms with Gasteiger partial charge in [0.15, 0.2) is 0 Å². The minimum absolute atomic E-state index is 0.0445. The van der Waals surface area contributed by atoms with Gasteiger partial charge in [-0.05, 0) is 43.4 Å². The third-order valence-electron chi connectivity index (χ3n) is 3.83. The molecule has 2 rings (SSSR count). The number of carbonyl (C=O) groups excluding carboxylic acids is 1. The highest BCUT2D eigenvalue weighted by Gasteiger charge is 2.33. The van der Waals surface area contributed by atoms with E-state index in [4.69, 9.17) is 5.73 Å². The number of amides is 1. The molecule has 0 bridgehead atoms. The van der Waals surface area contributed by atoms with Crippen LogP contribution >= 0.6 is 0 Å². The van der Waals surface area contributed by atoms with Gasteiger partial charge in [-0.1, -0.05) is 6.92 Å². The van der Waals surface area contributed by atoms with E-state index in [0.29, 0.717) is 12.1 Å². The molecule has 1 saturated carbocycles. The van der Waals surface area contributed by atoms with Gasteiger partial charge in [-0.25, -0.2) is 0 Å². The summed E-state index contributed by atoms with van der Waals surface area (Å²) in [6, 6.07) is 5.47. The first-order chi connectivity index (χ1) is 9.02. The van der Waals surface area contributed by atoms with Crippen LogP contribution in [0.3, 0.4) is 0 Å². The van der Waals surface area contributed by atoms with Gasteiger partial charge in [-0.15, -0.1) is 0 Å². The fourth-order valence-corrected chi connectivity index (χ4v) is 2.38. The fraction of sp³-hybridized carbons (Fsp3) is 0.533. The molecule has 4 heteroatoms. The van der Waals surface area contributed by atoms with Gasteiger partial charge in [0.1, 0.15) is 0 Å². The predicted molar refractivity (Wildman–Crippen MR) is 79.4 cm³/mol. The van der Waals surface area contributed by atoms with Gasteiger partial charge in [0.2, 0.25) is 0 Å². The minimum atomic E-state index is -0.0445. The highest BCUT2D eigenvalue weighted by atomic mass is 16.1. The van der Waals surface area contributed by atoms with Gasteiger partial charge in [0.25, 0.3) is 5.91 Å². The Morgan fingerprint density at radius 1 is 1.53 bits per heavy atom. The molecular weight excluding hydrogens is 238 g/mol. The summed E-state index contributed by atoms with van der Waals surface area (Å²) in [5.41, 5.74) is 8.36. The van der Waals surface area contributed by atoms with E-state index in [1.807, 2.05) is 26.1 Å². The number of hydrogen-bond acceptors (Lipinski definition) is 3. The van der Waals surface area contributed by atoms with Crippen LogP contribution in [0.15, 0.2) is 18.2 Å². The highest BCUT2D eigenvalue weighted by molar-refractivity contribution is 5.96. The van der Waals surface area contributed by atoms with Gasteiger partial charge in [0, 0.05) is 25.7 Å². The molecule has 2 unspecified atom stereocenters. The monoisotopic (exact) mass is 261 g/mol. The zero-order chi connectivity index (χ0) is 14.0. The van der Waals surface area contributed by atoms with Crippen molar-refractivity contribution < 1.29 is 4.79 Å². The van der Waals surface area contributed by atoms with Gasteiger partial charge < -0.3 is 16.0 Å². The number of hydrogen-bond donors (Lipinski definition) is 2. The predicted octanol–water partition coefficient (Wildman–Crippen LogP) is 2.11. The first-order valence-electron chi connectivity index (χ1n) is 6.91. The lowest BCUT2D eigenvalue weighted by molar-refractivity contribution is 0.0956. The molecular formula is C15H23N3O. The van der Waals surface area contributed by atoms with Crippen LogP contribution in [-0.4, -0.2) is 26.0 Å². The highest BCUT2D eigenvalue weighted by Crippen LogP contribution is 2.39. The molecule has 1 fully saturated rings. The molecule has 1 aromatic rings. The largest absolute Gasteiger partial charge is 0.397 e. The van der Waals surface area contributed by atoms with E-state index in [1.54, 1.807) is 6.07 Å². The van der Waals surface area contributed by atoms with E-state index < -0.39 is 0 Å². The SMILES string of the molecule is CCNC(=O)c1ccc(N)c(N(C)CC2CC2C)c1. The molecule has 1 aliphatic rings. The third kappa shape index (κ3) is 3.19. The number of nitrogens with two attached hydrogens (primary N) is 1.